The van der Waals surface area contributed by atoms with Gasteiger partial charge in [0.15, 0.2) is 0 Å². The summed E-state index contributed by atoms with van der Waals surface area (Å²) in [6.07, 6.45) is -0.0680. The van der Waals surface area contributed by atoms with Crippen LogP contribution in [-0.4, -0.2) is 19.2 Å². The monoisotopic (exact) mass is 118 g/mol. The van der Waals surface area contributed by atoms with Gasteiger partial charge in [-0.25, -0.2) is 4.79 Å². The van der Waals surface area contributed by atoms with Gasteiger partial charge in [0, 0.05) is 0 Å². The second kappa shape index (κ2) is 4.39. The number of carbonyl (C=O) groups excluding carboxylic acids is 1. The summed E-state index contributed by atoms with van der Waals surface area (Å²) < 4.78 is 4.34. The van der Waals surface area contributed by atoms with Crippen LogP contribution in [0.4, 0.5) is 4.79 Å². The molecule has 0 radical (unpaired) electrons. The van der Waals surface area contributed by atoms with Crippen molar-refractivity contribution in [3.05, 3.63) is 0 Å². The summed E-state index contributed by atoms with van der Waals surface area (Å²) in [4.78, 5) is 9.83. The minimum atomic E-state index is -0.738. The molecule has 0 heterocycles. The van der Waals surface area contributed by atoms with Gasteiger partial charge in [-0.05, 0) is 13.0 Å². The summed E-state index contributed by atoms with van der Waals surface area (Å²) in [6.45, 7) is 0.846. The number of rotatable bonds is 3. The van der Waals surface area contributed by atoms with E-state index in [1.807, 2.05) is 0 Å². The summed E-state index contributed by atoms with van der Waals surface area (Å²) >= 11 is 0. The van der Waals surface area contributed by atoms with Crippen LogP contribution in [0.25, 0.3) is 0 Å². The average molecular weight is 118 g/mol. The second-order valence-corrected chi connectivity index (χ2v) is 1.31. The molecule has 0 fully saturated rings. The Morgan fingerprint density at radius 3 is 2.62 bits per heavy atom. The molecule has 4 nitrogen and oxygen atoms in total. The third-order valence-corrected chi connectivity index (χ3v) is 0.593. The summed E-state index contributed by atoms with van der Waals surface area (Å²) in [5.41, 5.74) is 9.71. The summed E-state index contributed by atoms with van der Waals surface area (Å²) in [6, 6.07) is 0. The molecule has 0 atom stereocenters. The molecule has 0 aromatic rings. The van der Waals surface area contributed by atoms with E-state index < -0.39 is 6.09 Å². The highest BCUT2D eigenvalue weighted by Crippen LogP contribution is 1.76. The van der Waals surface area contributed by atoms with E-state index in [4.69, 9.17) is 5.73 Å². The van der Waals surface area contributed by atoms with E-state index in [0.717, 1.165) is 0 Å². The molecule has 4 heteroatoms. The van der Waals surface area contributed by atoms with E-state index >= 15 is 0 Å². The third-order valence-electron chi connectivity index (χ3n) is 0.593. The highest BCUT2D eigenvalue weighted by molar-refractivity contribution is 5.64. The molecule has 0 aliphatic heterocycles. The SMILES string of the molecule is NCCCOC(N)=O. The van der Waals surface area contributed by atoms with E-state index in [0.29, 0.717) is 19.6 Å². The van der Waals surface area contributed by atoms with E-state index in [-0.39, 0.29) is 0 Å². The van der Waals surface area contributed by atoms with Crippen LogP contribution >= 0.6 is 0 Å². The quantitative estimate of drug-likeness (QED) is 0.487. The van der Waals surface area contributed by atoms with Crippen molar-refractivity contribution < 1.29 is 9.53 Å². The fourth-order valence-electron chi connectivity index (χ4n) is 0.256. The highest BCUT2D eigenvalue weighted by atomic mass is 16.5. The van der Waals surface area contributed by atoms with Crippen molar-refractivity contribution in [3.63, 3.8) is 0 Å². The first-order valence-electron chi connectivity index (χ1n) is 2.39. The van der Waals surface area contributed by atoms with E-state index in [1.165, 1.54) is 0 Å². The summed E-state index contributed by atoms with van der Waals surface area (Å²) in [5.74, 6) is 0. The zero-order valence-corrected chi connectivity index (χ0v) is 4.59. The maximum absolute atomic E-state index is 9.83. The van der Waals surface area contributed by atoms with Crippen molar-refractivity contribution in [2.75, 3.05) is 13.2 Å². The Labute approximate surface area is 47.8 Å². The summed E-state index contributed by atoms with van der Waals surface area (Å²) in [7, 11) is 0. The third kappa shape index (κ3) is 5.23. The molecule has 0 aliphatic rings. The molecule has 0 aliphatic carbocycles. The number of carbonyl (C=O) groups is 1. The smallest absolute Gasteiger partial charge is 0.404 e. The van der Waals surface area contributed by atoms with Gasteiger partial charge in [0.1, 0.15) is 0 Å². The van der Waals surface area contributed by atoms with Crippen LogP contribution in [0.3, 0.4) is 0 Å². The Balaban J connectivity index is 2.82. The van der Waals surface area contributed by atoms with Gasteiger partial charge in [-0.15, -0.1) is 0 Å². The largest absolute Gasteiger partial charge is 0.450 e. The van der Waals surface area contributed by atoms with Gasteiger partial charge in [-0.2, -0.15) is 0 Å². The first-order chi connectivity index (χ1) is 3.77. The second-order valence-electron chi connectivity index (χ2n) is 1.31. The lowest BCUT2D eigenvalue weighted by atomic mass is 10.5. The van der Waals surface area contributed by atoms with Crippen molar-refractivity contribution >= 4 is 6.09 Å². The molecule has 1 amide bonds. The molecule has 48 valence electrons. The Bertz CT molecular complexity index is 74.4. The molecule has 4 N–H and O–H groups in total. The molecule has 0 saturated heterocycles. The lowest BCUT2D eigenvalue weighted by Crippen LogP contribution is -2.15. The van der Waals surface area contributed by atoms with Crippen LogP contribution in [0.15, 0.2) is 0 Å². The van der Waals surface area contributed by atoms with Crippen molar-refractivity contribution in [1.82, 2.24) is 0 Å². The molecule has 0 aromatic heterocycles. The molecule has 0 unspecified atom stereocenters. The van der Waals surface area contributed by atoms with Crippen molar-refractivity contribution in [3.8, 4) is 0 Å². The molecular formula is C4H10N2O2. The summed E-state index contributed by atoms with van der Waals surface area (Å²) in [5, 5.41) is 0. The number of hydrogen-bond donors (Lipinski definition) is 2. The van der Waals surface area contributed by atoms with Crippen LogP contribution in [0, 0.1) is 0 Å². The Hall–Kier alpha value is -0.770. The maximum Gasteiger partial charge on any atom is 0.404 e. The predicted octanol–water partition coefficient (Wildman–Crippen LogP) is -0.570. The van der Waals surface area contributed by atoms with E-state index in [2.05, 4.69) is 10.5 Å². The van der Waals surface area contributed by atoms with Crippen LogP contribution < -0.4 is 11.5 Å². The van der Waals surface area contributed by atoms with Gasteiger partial charge in [0.05, 0.1) is 6.61 Å². The van der Waals surface area contributed by atoms with Gasteiger partial charge in [-0.3, -0.25) is 0 Å². The van der Waals surface area contributed by atoms with Crippen molar-refractivity contribution in [1.29, 1.82) is 0 Å². The predicted molar refractivity (Wildman–Crippen MR) is 29.2 cm³/mol. The fourth-order valence-corrected chi connectivity index (χ4v) is 0.256. The topological polar surface area (TPSA) is 78.3 Å². The normalized spacial score (nSPS) is 8.62. The molecule has 0 saturated carbocycles. The van der Waals surface area contributed by atoms with Crippen molar-refractivity contribution in [2.24, 2.45) is 11.5 Å². The average Bonchev–Trinajstić information content (AvgIpc) is 1.66. The maximum atomic E-state index is 9.83. The van der Waals surface area contributed by atoms with Gasteiger partial charge in [0.2, 0.25) is 0 Å². The number of hydrogen-bond acceptors (Lipinski definition) is 3. The first kappa shape index (κ1) is 7.23. The molecule has 0 rings (SSSR count). The Kier molecular flexibility index (Phi) is 3.97. The van der Waals surface area contributed by atoms with Crippen LogP contribution in [0.1, 0.15) is 6.42 Å². The zero-order valence-electron chi connectivity index (χ0n) is 4.59. The van der Waals surface area contributed by atoms with Crippen LogP contribution in [0.2, 0.25) is 0 Å². The van der Waals surface area contributed by atoms with Gasteiger partial charge < -0.3 is 16.2 Å². The number of nitrogens with two attached hydrogens (primary N) is 2. The minimum Gasteiger partial charge on any atom is -0.450 e. The number of amides is 1. The van der Waals surface area contributed by atoms with Crippen molar-refractivity contribution in [2.45, 2.75) is 6.42 Å². The molecule has 0 spiro atoms. The standard InChI is InChI=1S/C4H10N2O2/c5-2-1-3-8-4(6)7/h1-3,5H2,(H2,6,7). The van der Waals surface area contributed by atoms with Gasteiger partial charge in [-0.1, -0.05) is 0 Å². The molecule has 0 aromatic carbocycles. The fraction of sp³-hybridized carbons (Fsp3) is 0.750. The molecular weight excluding hydrogens is 108 g/mol. The van der Waals surface area contributed by atoms with E-state index in [1.54, 1.807) is 0 Å². The lowest BCUT2D eigenvalue weighted by Gasteiger charge is -1.96. The lowest BCUT2D eigenvalue weighted by molar-refractivity contribution is 0.156. The minimum absolute atomic E-state index is 0.325. The Morgan fingerprint density at radius 2 is 2.25 bits per heavy atom. The zero-order chi connectivity index (χ0) is 6.41. The Morgan fingerprint density at radius 1 is 1.62 bits per heavy atom. The molecule has 8 heavy (non-hydrogen) atoms. The van der Waals surface area contributed by atoms with Gasteiger partial charge in [0.25, 0.3) is 0 Å². The van der Waals surface area contributed by atoms with Crippen LogP contribution in [-0.2, 0) is 4.74 Å². The number of primary amides is 1. The first-order valence-corrected chi connectivity index (χ1v) is 2.39. The van der Waals surface area contributed by atoms with E-state index in [9.17, 15) is 4.79 Å². The number of ether oxygens (including phenoxy) is 1. The van der Waals surface area contributed by atoms with Gasteiger partial charge >= 0.3 is 6.09 Å². The molecule has 0 bridgehead atoms. The van der Waals surface area contributed by atoms with Crippen LogP contribution in [0.5, 0.6) is 0 Å². The highest BCUT2D eigenvalue weighted by Gasteiger charge is 1.88.